The first-order valence-corrected chi connectivity index (χ1v) is 10.2. The fourth-order valence-corrected chi connectivity index (χ4v) is 3.97. The number of anilines is 1. The van der Waals surface area contributed by atoms with E-state index in [0.29, 0.717) is 35.3 Å². The monoisotopic (exact) mass is 400 g/mol. The number of hydrogen-bond acceptors (Lipinski definition) is 5. The maximum Gasteiger partial charge on any atom is 0.336 e. The molecule has 0 fully saturated rings. The quantitative estimate of drug-likeness (QED) is 0.642. The number of nitrogens with zero attached hydrogens (tertiary/aromatic N) is 1. The summed E-state index contributed by atoms with van der Waals surface area (Å²) in [6.45, 7) is 4.16. The second-order valence-electron chi connectivity index (χ2n) is 6.25. The van der Waals surface area contributed by atoms with Crippen molar-refractivity contribution >= 4 is 32.6 Å². The molecule has 0 atom stereocenters. The summed E-state index contributed by atoms with van der Waals surface area (Å²) in [6.07, 6.45) is 0. The van der Waals surface area contributed by atoms with E-state index in [9.17, 15) is 18.0 Å². The van der Waals surface area contributed by atoms with Gasteiger partial charge in [-0.2, -0.15) is 0 Å². The molecule has 0 spiro atoms. The van der Waals surface area contributed by atoms with Gasteiger partial charge in [-0.05, 0) is 42.8 Å². The first kappa shape index (κ1) is 19.6. The minimum atomic E-state index is -3.87. The van der Waals surface area contributed by atoms with Crippen LogP contribution in [0, 0.1) is 0 Å². The maximum atomic E-state index is 12.9. The molecule has 0 saturated heterocycles. The van der Waals surface area contributed by atoms with Crippen LogP contribution in [-0.2, 0) is 21.4 Å². The molecule has 28 heavy (non-hydrogen) atoms. The highest BCUT2D eigenvalue weighted by molar-refractivity contribution is 7.92. The molecule has 1 amide bonds. The van der Waals surface area contributed by atoms with Crippen molar-refractivity contribution < 1.29 is 17.6 Å². The van der Waals surface area contributed by atoms with E-state index in [4.69, 9.17) is 4.42 Å². The number of benzene rings is 2. The zero-order valence-corrected chi connectivity index (χ0v) is 16.3. The van der Waals surface area contributed by atoms with Gasteiger partial charge >= 0.3 is 5.63 Å². The van der Waals surface area contributed by atoms with Crippen LogP contribution in [0.2, 0.25) is 0 Å². The van der Waals surface area contributed by atoms with E-state index < -0.39 is 15.6 Å². The predicted molar refractivity (Wildman–Crippen MR) is 106 cm³/mol. The van der Waals surface area contributed by atoms with E-state index in [1.807, 2.05) is 6.92 Å². The van der Waals surface area contributed by atoms with Gasteiger partial charge in [-0.15, -0.1) is 0 Å². The summed E-state index contributed by atoms with van der Waals surface area (Å²) >= 11 is 0. The van der Waals surface area contributed by atoms with Crippen molar-refractivity contribution in [1.82, 2.24) is 4.90 Å². The summed E-state index contributed by atoms with van der Waals surface area (Å²) in [6, 6.07) is 14.0. The zero-order chi connectivity index (χ0) is 20.3. The smallest absolute Gasteiger partial charge is 0.336 e. The Bertz CT molecular complexity index is 1180. The summed E-state index contributed by atoms with van der Waals surface area (Å²) in [7, 11) is -3.87. The molecule has 0 saturated carbocycles. The highest BCUT2D eigenvalue weighted by Crippen LogP contribution is 2.23. The molecular formula is C20H20N2O5S. The minimum Gasteiger partial charge on any atom is -0.423 e. The molecule has 0 aliphatic carbocycles. The molecule has 8 heteroatoms. The molecule has 1 aromatic heterocycles. The second kappa shape index (κ2) is 7.85. The van der Waals surface area contributed by atoms with Gasteiger partial charge in [0, 0.05) is 31.5 Å². The average Bonchev–Trinajstić information content (AvgIpc) is 2.66. The second-order valence-corrected chi connectivity index (χ2v) is 7.93. The van der Waals surface area contributed by atoms with Crippen molar-refractivity contribution in [3.8, 4) is 0 Å². The molecule has 0 radical (unpaired) electrons. The number of rotatable bonds is 6. The average molecular weight is 400 g/mol. The van der Waals surface area contributed by atoms with Gasteiger partial charge in [-0.25, -0.2) is 13.2 Å². The van der Waals surface area contributed by atoms with Crippen molar-refractivity contribution in [2.24, 2.45) is 0 Å². The van der Waals surface area contributed by atoms with Gasteiger partial charge in [-0.1, -0.05) is 18.2 Å². The molecule has 0 aliphatic rings. The molecule has 0 unspecified atom stereocenters. The SMILES string of the molecule is CCN(Cc1ccccc1NS(=O)(=O)c1ccc2oc(=O)ccc2c1)C(C)=O. The largest absolute Gasteiger partial charge is 0.423 e. The molecule has 2 aromatic carbocycles. The van der Waals surface area contributed by atoms with Crippen LogP contribution in [0.4, 0.5) is 5.69 Å². The van der Waals surface area contributed by atoms with Gasteiger partial charge in [0.05, 0.1) is 10.6 Å². The van der Waals surface area contributed by atoms with Crippen molar-refractivity contribution in [1.29, 1.82) is 0 Å². The van der Waals surface area contributed by atoms with Crippen molar-refractivity contribution in [3.63, 3.8) is 0 Å². The van der Waals surface area contributed by atoms with Crippen molar-refractivity contribution in [2.45, 2.75) is 25.3 Å². The van der Waals surface area contributed by atoms with Crippen LogP contribution in [0.15, 0.2) is 68.7 Å². The highest BCUT2D eigenvalue weighted by atomic mass is 32.2. The number of carbonyl (C=O) groups is 1. The Hall–Kier alpha value is -3.13. The lowest BCUT2D eigenvalue weighted by atomic mass is 10.1. The number of nitrogens with one attached hydrogen (secondary N) is 1. The predicted octanol–water partition coefficient (Wildman–Crippen LogP) is 2.96. The third-order valence-corrected chi connectivity index (χ3v) is 5.71. The number of amides is 1. The first-order valence-electron chi connectivity index (χ1n) is 8.70. The Labute approximate surface area is 162 Å². The van der Waals surface area contributed by atoms with Crippen LogP contribution in [-0.4, -0.2) is 25.8 Å². The van der Waals surface area contributed by atoms with Gasteiger partial charge in [-0.3, -0.25) is 9.52 Å². The minimum absolute atomic E-state index is 0.0440. The molecule has 7 nitrogen and oxygen atoms in total. The zero-order valence-electron chi connectivity index (χ0n) is 15.5. The van der Waals surface area contributed by atoms with Gasteiger partial charge in [0.1, 0.15) is 5.58 Å². The van der Waals surface area contributed by atoms with Gasteiger partial charge in [0.25, 0.3) is 10.0 Å². The number of sulfonamides is 1. The molecule has 0 aliphatic heterocycles. The van der Waals surface area contributed by atoms with Gasteiger partial charge < -0.3 is 9.32 Å². The Morgan fingerprint density at radius 2 is 1.86 bits per heavy atom. The Morgan fingerprint density at radius 3 is 2.57 bits per heavy atom. The van der Waals surface area contributed by atoms with E-state index in [1.54, 1.807) is 29.2 Å². The number of fused-ring (bicyclic) bond motifs is 1. The highest BCUT2D eigenvalue weighted by Gasteiger charge is 2.18. The number of carbonyl (C=O) groups excluding carboxylic acids is 1. The number of hydrogen-bond donors (Lipinski definition) is 1. The lowest BCUT2D eigenvalue weighted by Gasteiger charge is -2.21. The fourth-order valence-electron chi connectivity index (χ4n) is 2.83. The summed E-state index contributed by atoms with van der Waals surface area (Å²) in [4.78, 5) is 24.6. The van der Waals surface area contributed by atoms with Crippen LogP contribution in [0.5, 0.6) is 0 Å². The summed E-state index contributed by atoms with van der Waals surface area (Å²) < 4.78 is 33.4. The molecular weight excluding hydrogens is 380 g/mol. The Kier molecular flexibility index (Phi) is 5.51. The van der Waals surface area contributed by atoms with E-state index in [-0.39, 0.29) is 10.8 Å². The molecule has 3 rings (SSSR count). The third-order valence-electron chi connectivity index (χ3n) is 4.35. The number of para-hydroxylation sites is 1. The molecule has 1 heterocycles. The standard InChI is InChI=1S/C20H20N2O5S/c1-3-22(14(2)23)13-16-6-4-5-7-18(16)21-28(25,26)17-9-10-19-15(12-17)8-11-20(24)27-19/h4-12,21H,3,13H2,1-2H3. The lowest BCUT2D eigenvalue weighted by molar-refractivity contribution is -0.129. The van der Waals surface area contributed by atoms with Crippen LogP contribution in [0.1, 0.15) is 19.4 Å². The van der Waals surface area contributed by atoms with E-state index in [1.165, 1.54) is 37.3 Å². The first-order chi connectivity index (χ1) is 13.3. The van der Waals surface area contributed by atoms with Crippen molar-refractivity contribution in [3.05, 3.63) is 70.6 Å². The van der Waals surface area contributed by atoms with E-state index in [2.05, 4.69) is 4.72 Å². The van der Waals surface area contributed by atoms with Crippen LogP contribution >= 0.6 is 0 Å². The van der Waals surface area contributed by atoms with E-state index >= 15 is 0 Å². The molecule has 3 aromatic rings. The van der Waals surface area contributed by atoms with Crippen LogP contribution < -0.4 is 10.3 Å². The molecule has 0 bridgehead atoms. The topological polar surface area (TPSA) is 96.7 Å². The Balaban J connectivity index is 1.94. The lowest BCUT2D eigenvalue weighted by Crippen LogP contribution is -2.28. The van der Waals surface area contributed by atoms with Crippen LogP contribution in [0.3, 0.4) is 0 Å². The summed E-state index contributed by atoms with van der Waals surface area (Å²) in [5.41, 5.74) is 0.907. The summed E-state index contributed by atoms with van der Waals surface area (Å²) in [5.74, 6) is -0.0869. The van der Waals surface area contributed by atoms with Crippen LogP contribution in [0.25, 0.3) is 11.0 Å². The Morgan fingerprint density at radius 1 is 1.11 bits per heavy atom. The molecule has 146 valence electrons. The van der Waals surface area contributed by atoms with Gasteiger partial charge in [0.2, 0.25) is 5.91 Å². The van der Waals surface area contributed by atoms with Crippen molar-refractivity contribution in [2.75, 3.05) is 11.3 Å². The fraction of sp³-hybridized carbons (Fsp3) is 0.200. The normalized spacial score (nSPS) is 11.4. The molecule has 1 N–H and O–H groups in total. The summed E-state index contributed by atoms with van der Waals surface area (Å²) in [5, 5.41) is 0.504. The van der Waals surface area contributed by atoms with E-state index in [0.717, 1.165) is 0 Å². The maximum absolute atomic E-state index is 12.9. The van der Waals surface area contributed by atoms with Gasteiger partial charge in [0.15, 0.2) is 0 Å². The third kappa shape index (κ3) is 4.23.